The summed E-state index contributed by atoms with van der Waals surface area (Å²) in [6, 6.07) is 8.78. The maximum atomic E-state index is 5.46. The summed E-state index contributed by atoms with van der Waals surface area (Å²) >= 11 is 0. The van der Waals surface area contributed by atoms with Gasteiger partial charge in [0.15, 0.2) is 0 Å². The first-order chi connectivity index (χ1) is 8.76. The minimum Gasteiger partial charge on any atom is -0.496 e. The Hall–Kier alpha value is -1.06. The van der Waals surface area contributed by atoms with Crippen LogP contribution in [0.3, 0.4) is 0 Å². The van der Waals surface area contributed by atoms with Gasteiger partial charge in [0.2, 0.25) is 0 Å². The average Bonchev–Trinajstić information content (AvgIpc) is 2.87. The van der Waals surface area contributed by atoms with Crippen LogP contribution in [-0.2, 0) is 0 Å². The molecule has 1 heterocycles. The first kappa shape index (κ1) is 13.4. The van der Waals surface area contributed by atoms with Crippen molar-refractivity contribution in [1.82, 2.24) is 10.2 Å². The maximum absolute atomic E-state index is 5.46. The zero-order valence-electron chi connectivity index (χ0n) is 11.6. The SMILES string of the molecule is CNCC1CCN(C(C)c2ccccc2OC)C1. The molecule has 0 bridgehead atoms. The molecule has 1 fully saturated rings. The van der Waals surface area contributed by atoms with Gasteiger partial charge in [0.1, 0.15) is 5.75 Å². The summed E-state index contributed by atoms with van der Waals surface area (Å²) in [5.74, 6) is 1.79. The molecule has 2 atom stereocenters. The fraction of sp³-hybridized carbons (Fsp3) is 0.600. The summed E-state index contributed by atoms with van der Waals surface area (Å²) in [6.45, 7) is 5.76. The quantitative estimate of drug-likeness (QED) is 0.865. The normalized spacial score (nSPS) is 22.1. The van der Waals surface area contributed by atoms with Crippen molar-refractivity contribution in [2.45, 2.75) is 19.4 Å². The van der Waals surface area contributed by atoms with E-state index in [2.05, 4.69) is 29.3 Å². The molecule has 1 N–H and O–H groups in total. The second-order valence-electron chi connectivity index (χ2n) is 5.13. The van der Waals surface area contributed by atoms with E-state index in [0.29, 0.717) is 6.04 Å². The van der Waals surface area contributed by atoms with Crippen LogP contribution in [-0.4, -0.2) is 38.7 Å². The molecule has 100 valence electrons. The van der Waals surface area contributed by atoms with Gasteiger partial charge in [-0.15, -0.1) is 0 Å². The third-order valence-electron chi connectivity index (χ3n) is 3.95. The topological polar surface area (TPSA) is 24.5 Å². The number of ether oxygens (including phenoxy) is 1. The molecule has 3 heteroatoms. The van der Waals surface area contributed by atoms with Crippen LogP contribution in [0.2, 0.25) is 0 Å². The molecule has 0 aliphatic carbocycles. The van der Waals surface area contributed by atoms with Crippen LogP contribution in [0.4, 0.5) is 0 Å². The van der Waals surface area contributed by atoms with Crippen LogP contribution in [0.15, 0.2) is 24.3 Å². The van der Waals surface area contributed by atoms with Crippen molar-refractivity contribution in [2.75, 3.05) is 33.8 Å². The van der Waals surface area contributed by atoms with Crippen LogP contribution >= 0.6 is 0 Å². The number of likely N-dealkylation sites (tertiary alicyclic amines) is 1. The number of nitrogens with one attached hydrogen (secondary N) is 1. The molecule has 1 aromatic carbocycles. The summed E-state index contributed by atoms with van der Waals surface area (Å²) < 4.78 is 5.46. The summed E-state index contributed by atoms with van der Waals surface area (Å²) in [6.07, 6.45) is 1.29. The van der Waals surface area contributed by atoms with Crippen molar-refractivity contribution in [2.24, 2.45) is 5.92 Å². The van der Waals surface area contributed by atoms with Gasteiger partial charge in [-0.25, -0.2) is 0 Å². The highest BCUT2D eigenvalue weighted by molar-refractivity contribution is 5.35. The zero-order chi connectivity index (χ0) is 13.0. The Labute approximate surface area is 110 Å². The summed E-state index contributed by atoms with van der Waals surface area (Å²) in [7, 11) is 3.78. The first-order valence-corrected chi connectivity index (χ1v) is 6.77. The molecule has 1 aliphatic rings. The second-order valence-corrected chi connectivity index (χ2v) is 5.13. The average molecular weight is 248 g/mol. The lowest BCUT2D eigenvalue weighted by molar-refractivity contribution is 0.246. The molecule has 1 aliphatic heterocycles. The molecule has 2 rings (SSSR count). The molecule has 3 nitrogen and oxygen atoms in total. The summed E-state index contributed by atoms with van der Waals surface area (Å²) in [5.41, 5.74) is 1.30. The number of rotatable bonds is 5. The molecular formula is C15H24N2O. The van der Waals surface area contributed by atoms with Crippen LogP contribution in [0.1, 0.15) is 24.9 Å². The molecule has 0 aromatic heterocycles. The van der Waals surface area contributed by atoms with Crippen molar-refractivity contribution in [3.8, 4) is 5.75 Å². The maximum Gasteiger partial charge on any atom is 0.123 e. The van der Waals surface area contributed by atoms with E-state index in [4.69, 9.17) is 4.74 Å². The van der Waals surface area contributed by atoms with Gasteiger partial charge in [0.25, 0.3) is 0 Å². The molecule has 0 spiro atoms. The Morgan fingerprint density at radius 2 is 2.22 bits per heavy atom. The van der Waals surface area contributed by atoms with E-state index in [0.717, 1.165) is 18.2 Å². The molecule has 0 amide bonds. The number of methoxy groups -OCH3 is 1. The minimum atomic E-state index is 0.433. The van der Waals surface area contributed by atoms with Crippen LogP contribution in [0.25, 0.3) is 0 Å². The largest absolute Gasteiger partial charge is 0.496 e. The molecule has 1 aromatic rings. The van der Waals surface area contributed by atoms with Crippen molar-refractivity contribution < 1.29 is 4.74 Å². The Morgan fingerprint density at radius 3 is 2.94 bits per heavy atom. The standard InChI is InChI=1S/C15H24N2O/c1-12(14-6-4-5-7-15(14)18-3)17-9-8-13(11-17)10-16-2/h4-7,12-13,16H,8-11H2,1-3H3. The summed E-state index contributed by atoms with van der Waals surface area (Å²) in [5, 5.41) is 3.28. The van der Waals surface area contributed by atoms with E-state index in [9.17, 15) is 0 Å². The monoisotopic (exact) mass is 248 g/mol. The van der Waals surface area contributed by atoms with Crippen LogP contribution in [0.5, 0.6) is 5.75 Å². The first-order valence-electron chi connectivity index (χ1n) is 6.77. The summed E-state index contributed by atoms with van der Waals surface area (Å²) in [4.78, 5) is 2.56. The highest BCUT2D eigenvalue weighted by Crippen LogP contribution is 2.32. The van der Waals surface area contributed by atoms with Crippen LogP contribution in [0, 0.1) is 5.92 Å². The van der Waals surface area contributed by atoms with Gasteiger partial charge in [-0.3, -0.25) is 4.90 Å². The predicted molar refractivity (Wildman–Crippen MR) is 75.0 cm³/mol. The lowest BCUT2D eigenvalue weighted by Gasteiger charge is -2.26. The highest BCUT2D eigenvalue weighted by Gasteiger charge is 2.27. The fourth-order valence-corrected chi connectivity index (χ4v) is 2.88. The van der Waals surface area contributed by atoms with Gasteiger partial charge in [-0.1, -0.05) is 18.2 Å². The van der Waals surface area contributed by atoms with E-state index >= 15 is 0 Å². The number of nitrogens with zero attached hydrogens (tertiary/aromatic N) is 1. The van der Waals surface area contributed by atoms with Crippen molar-refractivity contribution in [3.63, 3.8) is 0 Å². The van der Waals surface area contributed by atoms with E-state index in [-0.39, 0.29) is 0 Å². The third-order valence-corrected chi connectivity index (χ3v) is 3.95. The smallest absolute Gasteiger partial charge is 0.123 e. The van der Waals surface area contributed by atoms with E-state index in [1.54, 1.807) is 7.11 Å². The van der Waals surface area contributed by atoms with Gasteiger partial charge < -0.3 is 10.1 Å². The third kappa shape index (κ3) is 2.85. The van der Waals surface area contributed by atoms with Crippen molar-refractivity contribution in [3.05, 3.63) is 29.8 Å². The Morgan fingerprint density at radius 1 is 1.44 bits per heavy atom. The predicted octanol–water partition coefficient (Wildman–Crippen LogP) is 2.30. The number of hydrogen-bond donors (Lipinski definition) is 1. The van der Waals surface area contributed by atoms with E-state index in [1.165, 1.54) is 25.1 Å². The van der Waals surface area contributed by atoms with Gasteiger partial charge in [-0.05, 0) is 45.5 Å². The lowest BCUT2D eigenvalue weighted by Crippen LogP contribution is -2.27. The van der Waals surface area contributed by atoms with Crippen LogP contribution < -0.4 is 10.1 Å². The second kappa shape index (κ2) is 6.21. The Balaban J connectivity index is 2.05. The zero-order valence-corrected chi connectivity index (χ0v) is 11.6. The fourth-order valence-electron chi connectivity index (χ4n) is 2.88. The van der Waals surface area contributed by atoms with E-state index in [1.807, 2.05) is 19.2 Å². The number of benzene rings is 1. The van der Waals surface area contributed by atoms with Gasteiger partial charge >= 0.3 is 0 Å². The lowest BCUT2D eigenvalue weighted by atomic mass is 10.1. The van der Waals surface area contributed by atoms with Gasteiger partial charge in [0.05, 0.1) is 7.11 Å². The molecule has 18 heavy (non-hydrogen) atoms. The molecule has 0 saturated carbocycles. The van der Waals surface area contributed by atoms with Crippen molar-refractivity contribution in [1.29, 1.82) is 0 Å². The van der Waals surface area contributed by atoms with Gasteiger partial charge in [0, 0.05) is 18.2 Å². The molecule has 1 saturated heterocycles. The Bertz CT molecular complexity index is 381. The Kier molecular flexibility index (Phi) is 4.61. The highest BCUT2D eigenvalue weighted by atomic mass is 16.5. The number of para-hydroxylation sites is 1. The van der Waals surface area contributed by atoms with E-state index < -0.39 is 0 Å². The molecule has 2 unspecified atom stereocenters. The molecule has 0 radical (unpaired) electrons. The minimum absolute atomic E-state index is 0.433. The van der Waals surface area contributed by atoms with Gasteiger partial charge in [-0.2, -0.15) is 0 Å². The van der Waals surface area contributed by atoms with Crippen molar-refractivity contribution >= 4 is 0 Å². The molecular weight excluding hydrogens is 224 g/mol. The number of hydrogen-bond acceptors (Lipinski definition) is 3.